The number of amides is 1. The van der Waals surface area contributed by atoms with E-state index < -0.39 is 30.4 Å². The summed E-state index contributed by atoms with van der Waals surface area (Å²) in [7, 11) is 0. The van der Waals surface area contributed by atoms with E-state index in [2.05, 4.69) is 10.5 Å². The predicted octanol–water partition coefficient (Wildman–Crippen LogP) is 2.50. The van der Waals surface area contributed by atoms with Crippen LogP contribution in [0.5, 0.6) is 0 Å². The molecule has 156 valence electrons. The first-order valence-corrected chi connectivity index (χ1v) is 9.48. The van der Waals surface area contributed by atoms with Crippen molar-refractivity contribution in [3.05, 3.63) is 33.5 Å². The SMILES string of the molecule is CCOC(=O)c1sc(NC(=O)COC(=O)c2cc(C)no2)c(C(=O)OCC)c1C. The third-order valence-corrected chi connectivity index (χ3v) is 4.69. The molecule has 0 aliphatic heterocycles. The Hall–Kier alpha value is -3.21. The summed E-state index contributed by atoms with van der Waals surface area (Å²) >= 11 is 0.874. The number of hydrogen-bond donors (Lipinski definition) is 1. The molecule has 10 nitrogen and oxygen atoms in total. The fourth-order valence-corrected chi connectivity index (χ4v) is 3.37. The van der Waals surface area contributed by atoms with E-state index in [9.17, 15) is 19.2 Å². The predicted molar refractivity (Wildman–Crippen MR) is 101 cm³/mol. The van der Waals surface area contributed by atoms with Crippen LogP contribution >= 0.6 is 11.3 Å². The van der Waals surface area contributed by atoms with Crippen molar-refractivity contribution < 1.29 is 37.9 Å². The molecule has 0 aliphatic carbocycles. The van der Waals surface area contributed by atoms with Gasteiger partial charge >= 0.3 is 17.9 Å². The molecular weight excluding hydrogens is 404 g/mol. The van der Waals surface area contributed by atoms with Gasteiger partial charge in [-0.15, -0.1) is 11.3 Å². The first-order valence-electron chi connectivity index (χ1n) is 8.66. The van der Waals surface area contributed by atoms with Gasteiger partial charge in [-0.25, -0.2) is 14.4 Å². The van der Waals surface area contributed by atoms with Gasteiger partial charge in [-0.2, -0.15) is 0 Å². The van der Waals surface area contributed by atoms with Crippen molar-refractivity contribution in [2.24, 2.45) is 0 Å². The molecule has 11 heteroatoms. The van der Waals surface area contributed by atoms with E-state index in [1.807, 2.05) is 0 Å². The van der Waals surface area contributed by atoms with Crippen molar-refractivity contribution in [1.29, 1.82) is 0 Å². The largest absolute Gasteiger partial charge is 0.462 e. The third kappa shape index (κ3) is 5.41. The summed E-state index contributed by atoms with van der Waals surface area (Å²) in [6.45, 7) is 6.11. The van der Waals surface area contributed by atoms with E-state index in [0.29, 0.717) is 11.3 Å². The zero-order chi connectivity index (χ0) is 21.6. The summed E-state index contributed by atoms with van der Waals surface area (Å²) in [6, 6.07) is 1.37. The average Bonchev–Trinajstić information content (AvgIpc) is 3.23. The number of carbonyl (C=O) groups is 4. The summed E-state index contributed by atoms with van der Waals surface area (Å²) in [5, 5.41) is 6.12. The molecule has 0 saturated heterocycles. The van der Waals surface area contributed by atoms with E-state index in [-0.39, 0.29) is 34.4 Å². The molecule has 0 aromatic carbocycles. The number of aryl methyl sites for hydroxylation is 1. The maximum absolute atomic E-state index is 12.3. The van der Waals surface area contributed by atoms with Crippen molar-refractivity contribution in [3.8, 4) is 0 Å². The number of esters is 3. The van der Waals surface area contributed by atoms with Crippen LogP contribution in [0.2, 0.25) is 0 Å². The van der Waals surface area contributed by atoms with Gasteiger partial charge in [-0.3, -0.25) is 4.79 Å². The highest BCUT2D eigenvalue weighted by molar-refractivity contribution is 7.18. The molecule has 0 atom stereocenters. The number of nitrogens with one attached hydrogen (secondary N) is 1. The number of rotatable bonds is 8. The summed E-state index contributed by atoms with van der Waals surface area (Å²) in [6.07, 6.45) is 0. The first kappa shape index (κ1) is 22.1. The van der Waals surface area contributed by atoms with Crippen LogP contribution in [0, 0.1) is 13.8 Å². The zero-order valence-corrected chi connectivity index (χ0v) is 17.1. The second-order valence-corrected chi connectivity index (χ2v) is 6.68. The normalized spacial score (nSPS) is 10.3. The highest BCUT2D eigenvalue weighted by atomic mass is 32.1. The molecular formula is C18H20N2O8S. The molecule has 2 aromatic rings. The van der Waals surface area contributed by atoms with Crippen molar-refractivity contribution in [1.82, 2.24) is 5.16 Å². The third-order valence-electron chi connectivity index (χ3n) is 3.50. The van der Waals surface area contributed by atoms with Gasteiger partial charge in [0.15, 0.2) is 6.61 Å². The monoisotopic (exact) mass is 424 g/mol. The number of nitrogens with zero attached hydrogens (tertiary/aromatic N) is 1. The minimum Gasteiger partial charge on any atom is -0.462 e. The number of hydrogen-bond acceptors (Lipinski definition) is 10. The summed E-state index contributed by atoms with van der Waals surface area (Å²) in [5.74, 6) is -3.02. The van der Waals surface area contributed by atoms with Crippen molar-refractivity contribution in [3.63, 3.8) is 0 Å². The molecule has 29 heavy (non-hydrogen) atoms. The van der Waals surface area contributed by atoms with Gasteiger partial charge in [-0.1, -0.05) is 5.16 Å². The number of ether oxygens (including phenoxy) is 3. The Labute approximate surface area is 170 Å². The Morgan fingerprint density at radius 3 is 2.28 bits per heavy atom. The minimum absolute atomic E-state index is 0.0467. The van der Waals surface area contributed by atoms with E-state index in [4.69, 9.17) is 18.7 Å². The molecule has 0 aliphatic rings. The zero-order valence-electron chi connectivity index (χ0n) is 16.3. The lowest BCUT2D eigenvalue weighted by Gasteiger charge is -2.07. The van der Waals surface area contributed by atoms with Crippen LogP contribution in [-0.4, -0.2) is 48.8 Å². The van der Waals surface area contributed by atoms with Gasteiger partial charge in [0.05, 0.1) is 24.5 Å². The molecule has 0 fully saturated rings. The van der Waals surface area contributed by atoms with E-state index in [1.165, 1.54) is 6.07 Å². The molecule has 0 bridgehead atoms. The molecule has 0 spiro atoms. The Balaban J connectivity index is 2.15. The van der Waals surface area contributed by atoms with Crippen LogP contribution in [0.25, 0.3) is 0 Å². The fraction of sp³-hybridized carbons (Fsp3) is 0.389. The Morgan fingerprint density at radius 2 is 1.69 bits per heavy atom. The quantitative estimate of drug-likeness (QED) is 0.501. The van der Waals surface area contributed by atoms with Gasteiger partial charge in [0.2, 0.25) is 5.76 Å². The molecule has 2 aromatic heterocycles. The second-order valence-electron chi connectivity index (χ2n) is 5.66. The highest BCUT2D eigenvalue weighted by Gasteiger charge is 2.27. The van der Waals surface area contributed by atoms with Crippen LogP contribution in [0.4, 0.5) is 5.00 Å². The Kier molecular flexibility index (Phi) is 7.48. The number of anilines is 1. The Bertz CT molecular complexity index is 930. The van der Waals surface area contributed by atoms with Gasteiger partial charge in [-0.05, 0) is 33.3 Å². The smallest absolute Gasteiger partial charge is 0.377 e. The van der Waals surface area contributed by atoms with E-state index >= 15 is 0 Å². The van der Waals surface area contributed by atoms with Crippen molar-refractivity contribution >= 4 is 40.2 Å². The lowest BCUT2D eigenvalue weighted by Crippen LogP contribution is -2.21. The first-order chi connectivity index (χ1) is 13.8. The number of carbonyl (C=O) groups excluding carboxylic acids is 4. The topological polar surface area (TPSA) is 134 Å². The van der Waals surface area contributed by atoms with Crippen LogP contribution < -0.4 is 5.32 Å². The average molecular weight is 424 g/mol. The van der Waals surface area contributed by atoms with Crippen LogP contribution in [0.3, 0.4) is 0 Å². The van der Waals surface area contributed by atoms with E-state index in [1.54, 1.807) is 27.7 Å². The number of thiophene rings is 1. The maximum atomic E-state index is 12.3. The molecule has 1 amide bonds. The van der Waals surface area contributed by atoms with Crippen LogP contribution in [0.15, 0.2) is 10.6 Å². The Morgan fingerprint density at radius 1 is 1.03 bits per heavy atom. The van der Waals surface area contributed by atoms with Crippen LogP contribution in [0.1, 0.15) is 55.7 Å². The van der Waals surface area contributed by atoms with Crippen molar-refractivity contribution in [2.45, 2.75) is 27.7 Å². The van der Waals surface area contributed by atoms with Crippen molar-refractivity contribution in [2.75, 3.05) is 25.1 Å². The standard InChI is InChI=1S/C18H20N2O8S/c1-5-25-17(23)13-10(4)14(18(24)26-6-2)29-15(13)19-12(21)8-27-16(22)11-7-9(3)20-28-11/h7H,5-6,8H2,1-4H3,(H,19,21). The summed E-state index contributed by atoms with van der Waals surface area (Å²) < 4.78 is 19.6. The molecule has 1 N–H and O–H groups in total. The fourth-order valence-electron chi connectivity index (χ4n) is 2.27. The lowest BCUT2D eigenvalue weighted by molar-refractivity contribution is -0.119. The van der Waals surface area contributed by atoms with Gasteiger partial charge < -0.3 is 24.1 Å². The maximum Gasteiger partial charge on any atom is 0.377 e. The number of aromatic nitrogens is 1. The molecule has 0 unspecified atom stereocenters. The molecule has 2 rings (SSSR count). The highest BCUT2D eigenvalue weighted by Crippen LogP contribution is 2.34. The van der Waals surface area contributed by atoms with Crippen LogP contribution in [-0.2, 0) is 19.0 Å². The molecule has 0 saturated carbocycles. The van der Waals surface area contributed by atoms with Gasteiger partial charge in [0.1, 0.15) is 9.88 Å². The lowest BCUT2D eigenvalue weighted by atomic mass is 10.1. The second kappa shape index (κ2) is 9.82. The summed E-state index contributed by atoms with van der Waals surface area (Å²) in [5.41, 5.74) is 0.864. The summed E-state index contributed by atoms with van der Waals surface area (Å²) in [4.78, 5) is 48.6. The van der Waals surface area contributed by atoms with Gasteiger partial charge in [0.25, 0.3) is 5.91 Å². The van der Waals surface area contributed by atoms with Gasteiger partial charge in [0, 0.05) is 6.07 Å². The minimum atomic E-state index is -0.860. The molecule has 2 heterocycles. The van der Waals surface area contributed by atoms with E-state index in [0.717, 1.165) is 11.3 Å². The molecule has 0 radical (unpaired) electrons.